The molecule has 0 saturated heterocycles. The summed E-state index contributed by atoms with van der Waals surface area (Å²) in [6.07, 6.45) is 10.8. The van der Waals surface area contributed by atoms with Gasteiger partial charge in [0.05, 0.1) is 8.07 Å². The van der Waals surface area contributed by atoms with Crippen molar-refractivity contribution in [2.45, 2.75) is 90.3 Å². The van der Waals surface area contributed by atoms with Gasteiger partial charge in [-0.15, -0.1) is 0 Å². The first-order valence-electron chi connectivity index (χ1n) is 13.1. The highest BCUT2D eigenvalue weighted by molar-refractivity contribution is 6.92. The van der Waals surface area contributed by atoms with Gasteiger partial charge in [0.2, 0.25) is 0 Å². The first-order valence-corrected chi connectivity index (χ1v) is 15.7. The van der Waals surface area contributed by atoms with Crippen molar-refractivity contribution in [2.24, 2.45) is 17.3 Å². The molecule has 1 heterocycles. The number of hydrogen-bond donors (Lipinski definition) is 0. The Labute approximate surface area is 195 Å². The molecule has 3 aliphatic carbocycles. The summed E-state index contributed by atoms with van der Waals surface area (Å²) < 4.78 is 0. The van der Waals surface area contributed by atoms with Crippen LogP contribution in [0.15, 0.2) is 36.7 Å². The second-order valence-corrected chi connectivity index (χ2v) is 16.2. The predicted octanol–water partition coefficient (Wildman–Crippen LogP) is 6.89. The molecule has 2 saturated carbocycles. The van der Waals surface area contributed by atoms with Crippen molar-refractivity contribution in [3.63, 3.8) is 0 Å². The third-order valence-corrected chi connectivity index (χ3v) is 15.8. The zero-order valence-electron chi connectivity index (χ0n) is 20.4. The molecule has 2 nitrogen and oxygen atoms in total. The average molecular weight is 446 g/mol. The van der Waals surface area contributed by atoms with Crippen LogP contribution >= 0.6 is 0 Å². The Hall–Kier alpha value is -1.74. The molecule has 1 aromatic heterocycles. The highest BCUT2D eigenvalue weighted by Crippen LogP contribution is 2.59. The number of fused-ring (bicyclic) bond motifs is 5. The molecule has 32 heavy (non-hydrogen) atoms. The zero-order chi connectivity index (χ0) is 22.5. The van der Waals surface area contributed by atoms with Crippen LogP contribution in [0.1, 0.15) is 76.8 Å². The molecule has 0 aliphatic heterocycles. The Morgan fingerprint density at radius 1 is 1.03 bits per heavy atom. The van der Waals surface area contributed by atoms with Gasteiger partial charge in [0.25, 0.3) is 0 Å². The Balaban J connectivity index is 1.51. The number of ketones is 1. The second kappa shape index (κ2) is 8.24. The molecule has 5 rings (SSSR count). The van der Waals surface area contributed by atoms with Crippen LogP contribution in [0.4, 0.5) is 0 Å². The van der Waals surface area contributed by atoms with E-state index in [0.717, 1.165) is 19.3 Å². The van der Waals surface area contributed by atoms with Crippen molar-refractivity contribution in [2.75, 3.05) is 0 Å². The van der Waals surface area contributed by atoms with Crippen LogP contribution in [-0.4, -0.2) is 18.8 Å². The van der Waals surface area contributed by atoms with E-state index in [-0.39, 0.29) is 5.41 Å². The summed E-state index contributed by atoms with van der Waals surface area (Å²) in [7, 11) is -1.49. The van der Waals surface area contributed by atoms with Crippen molar-refractivity contribution in [3.05, 3.63) is 47.8 Å². The molecule has 0 radical (unpaired) electrons. The van der Waals surface area contributed by atoms with Gasteiger partial charge in [-0.1, -0.05) is 64.0 Å². The minimum absolute atomic E-state index is 0.0301. The molecule has 0 unspecified atom stereocenters. The molecule has 3 aliphatic rings. The number of aromatic nitrogens is 1. The number of Topliss-reactive ketones (excluding diaryl/α,β-unsaturated/α-hetero) is 1. The molecule has 0 amide bonds. The molecular weight excluding hydrogens is 406 g/mol. The largest absolute Gasteiger partial charge is 0.299 e. The van der Waals surface area contributed by atoms with Crippen LogP contribution < -0.4 is 5.19 Å². The van der Waals surface area contributed by atoms with Gasteiger partial charge >= 0.3 is 0 Å². The molecule has 0 N–H and O–H groups in total. The molecule has 3 heteroatoms. The maximum Gasteiger partial charge on any atom is 0.139 e. The lowest BCUT2D eigenvalue weighted by molar-refractivity contribution is -0.129. The number of carbonyl (C=O) groups is 1. The van der Waals surface area contributed by atoms with Gasteiger partial charge in [-0.3, -0.25) is 9.78 Å². The molecule has 170 valence electrons. The fraction of sp³-hybridized carbons (Fsp3) is 0.586. The van der Waals surface area contributed by atoms with Crippen molar-refractivity contribution >= 4 is 19.0 Å². The number of hydrogen-bond acceptors (Lipinski definition) is 2. The Bertz CT molecular complexity index is 1020. The van der Waals surface area contributed by atoms with Crippen molar-refractivity contribution in [3.8, 4) is 11.1 Å². The van der Waals surface area contributed by atoms with Gasteiger partial charge in [0.15, 0.2) is 0 Å². The van der Waals surface area contributed by atoms with E-state index < -0.39 is 8.07 Å². The highest BCUT2D eigenvalue weighted by Gasteiger charge is 2.54. The van der Waals surface area contributed by atoms with E-state index in [2.05, 4.69) is 63.1 Å². The summed E-state index contributed by atoms with van der Waals surface area (Å²) >= 11 is 0. The maximum absolute atomic E-state index is 12.6. The molecule has 2 aromatic rings. The molecule has 2 fully saturated rings. The summed E-state index contributed by atoms with van der Waals surface area (Å²) in [6, 6.07) is 13.5. The van der Waals surface area contributed by atoms with Crippen molar-refractivity contribution in [1.82, 2.24) is 4.98 Å². The third-order valence-electron chi connectivity index (χ3n) is 10.2. The first-order chi connectivity index (χ1) is 15.5. The molecule has 4 atom stereocenters. The van der Waals surface area contributed by atoms with E-state index in [1.54, 1.807) is 16.3 Å². The quantitative estimate of drug-likeness (QED) is 0.469. The van der Waals surface area contributed by atoms with E-state index >= 15 is 0 Å². The maximum atomic E-state index is 12.6. The Kier molecular flexibility index (Phi) is 5.68. The van der Waals surface area contributed by atoms with Crippen LogP contribution in [0, 0.1) is 17.3 Å². The lowest BCUT2D eigenvalue weighted by atomic mass is 9.55. The van der Waals surface area contributed by atoms with Gasteiger partial charge in [-0.2, -0.15) is 0 Å². The highest BCUT2D eigenvalue weighted by atomic mass is 28.3. The van der Waals surface area contributed by atoms with Crippen LogP contribution in [0.5, 0.6) is 0 Å². The monoisotopic (exact) mass is 445 g/mol. The minimum Gasteiger partial charge on any atom is -0.299 e. The average Bonchev–Trinajstić information content (AvgIpc) is 3.15. The lowest BCUT2D eigenvalue weighted by Crippen LogP contribution is -2.46. The van der Waals surface area contributed by atoms with Crippen LogP contribution in [0.2, 0.25) is 18.1 Å². The Morgan fingerprint density at radius 3 is 2.56 bits per heavy atom. The number of carbonyl (C=O) groups excluding carboxylic acids is 1. The van der Waals surface area contributed by atoms with Crippen molar-refractivity contribution in [1.29, 1.82) is 0 Å². The molecular formula is C29H39NOSi. The molecule has 1 aromatic carbocycles. The van der Waals surface area contributed by atoms with Crippen LogP contribution in [0.25, 0.3) is 11.1 Å². The van der Waals surface area contributed by atoms with E-state index in [1.165, 1.54) is 48.5 Å². The first kappa shape index (κ1) is 22.1. The minimum atomic E-state index is -1.49. The van der Waals surface area contributed by atoms with Crippen molar-refractivity contribution < 1.29 is 4.79 Å². The summed E-state index contributed by atoms with van der Waals surface area (Å²) in [4.78, 5) is 17.2. The molecule has 0 spiro atoms. The summed E-state index contributed by atoms with van der Waals surface area (Å²) in [5.74, 6) is 2.51. The van der Waals surface area contributed by atoms with Crippen LogP contribution in [-0.2, 0) is 11.2 Å². The zero-order valence-corrected chi connectivity index (χ0v) is 21.4. The number of pyridine rings is 1. The standard InChI is InChI=1S/C29H39NOSi/c1-5-32(6-2,7-3)27-15-17-30-19-25(27)21-8-10-22-20(18-21)9-11-24-23(22)14-16-29(4)26(24)12-13-28(29)31/h8,10,15,17-19,23-24,26H,5-7,9,11-14,16H2,1-4H3/t23-,24-,26+,29+/m1/s1. The molecule has 0 bridgehead atoms. The van der Waals surface area contributed by atoms with Gasteiger partial charge in [0, 0.05) is 24.2 Å². The summed E-state index contributed by atoms with van der Waals surface area (Å²) in [6.45, 7) is 9.44. The van der Waals surface area contributed by atoms with E-state index in [9.17, 15) is 4.79 Å². The fourth-order valence-electron chi connectivity index (χ4n) is 7.93. The SMILES string of the molecule is CC[Si](CC)(CC)c1ccncc1-c1ccc2c(c1)CC[C@@H]1[C@@H]2CC[C@]2(C)C(=O)CC[C@@H]12. The number of benzene rings is 1. The van der Waals surface area contributed by atoms with E-state index in [4.69, 9.17) is 0 Å². The normalized spacial score (nSPS) is 29.4. The lowest BCUT2D eigenvalue weighted by Gasteiger charge is -2.48. The topological polar surface area (TPSA) is 30.0 Å². The van der Waals surface area contributed by atoms with Gasteiger partial charge in [-0.05, 0) is 83.4 Å². The summed E-state index contributed by atoms with van der Waals surface area (Å²) in [5, 5.41) is 1.60. The van der Waals surface area contributed by atoms with E-state index in [1.807, 2.05) is 6.20 Å². The third kappa shape index (κ3) is 3.18. The Morgan fingerprint density at radius 2 is 1.81 bits per heavy atom. The number of rotatable bonds is 5. The fourth-order valence-corrected chi connectivity index (χ4v) is 11.8. The second-order valence-electron chi connectivity index (χ2n) is 11.0. The van der Waals surface area contributed by atoms with Gasteiger partial charge < -0.3 is 0 Å². The number of aryl methyl sites for hydroxylation is 1. The smallest absolute Gasteiger partial charge is 0.139 e. The van der Waals surface area contributed by atoms with Gasteiger partial charge in [0.1, 0.15) is 5.78 Å². The van der Waals surface area contributed by atoms with Crippen LogP contribution in [0.3, 0.4) is 0 Å². The van der Waals surface area contributed by atoms with E-state index in [0.29, 0.717) is 23.5 Å². The number of nitrogens with zero attached hydrogens (tertiary/aromatic N) is 1. The predicted molar refractivity (Wildman–Crippen MR) is 136 cm³/mol. The summed E-state index contributed by atoms with van der Waals surface area (Å²) in [5.41, 5.74) is 5.86. The van der Waals surface area contributed by atoms with Gasteiger partial charge in [-0.25, -0.2) is 0 Å².